The first-order valence-corrected chi connectivity index (χ1v) is 7.00. The fraction of sp³-hybridized carbons (Fsp3) is 0.769. The number of amides is 4. The zero-order valence-corrected chi connectivity index (χ0v) is 11.5. The highest BCUT2D eigenvalue weighted by atomic mass is 19.4. The van der Waals surface area contributed by atoms with E-state index in [-0.39, 0.29) is 19.4 Å². The molecule has 0 unspecified atom stereocenters. The van der Waals surface area contributed by atoms with Crippen LogP contribution in [0.2, 0.25) is 0 Å². The number of nitrogens with one attached hydrogen (secondary N) is 1. The number of carbonyl (C=O) groups excluding carboxylic acids is 3. The van der Waals surface area contributed by atoms with E-state index in [9.17, 15) is 27.6 Å². The number of alkyl halides is 3. The van der Waals surface area contributed by atoms with Crippen LogP contribution in [0.1, 0.15) is 44.9 Å². The van der Waals surface area contributed by atoms with E-state index in [1.165, 1.54) is 0 Å². The molecule has 1 saturated heterocycles. The quantitative estimate of drug-likeness (QED) is 0.640. The molecule has 0 atom stereocenters. The topological polar surface area (TPSA) is 66.5 Å². The van der Waals surface area contributed by atoms with E-state index >= 15 is 0 Å². The number of urea groups is 1. The number of hydrogen-bond donors (Lipinski definition) is 1. The summed E-state index contributed by atoms with van der Waals surface area (Å²) in [5.74, 6) is -1.12. The maximum atomic E-state index is 12.4. The minimum atomic E-state index is -4.24. The van der Waals surface area contributed by atoms with Crippen molar-refractivity contribution in [1.82, 2.24) is 10.2 Å². The average molecular weight is 306 g/mol. The third-order valence-electron chi connectivity index (χ3n) is 4.10. The Morgan fingerprint density at radius 3 is 2.29 bits per heavy atom. The highest BCUT2D eigenvalue weighted by Gasteiger charge is 2.54. The van der Waals surface area contributed by atoms with E-state index in [2.05, 4.69) is 5.32 Å². The van der Waals surface area contributed by atoms with E-state index < -0.39 is 35.9 Å². The van der Waals surface area contributed by atoms with E-state index in [0.29, 0.717) is 12.8 Å². The van der Waals surface area contributed by atoms with Gasteiger partial charge in [0.05, 0.1) is 0 Å². The summed E-state index contributed by atoms with van der Waals surface area (Å²) in [6.45, 7) is -0.0875. The number of imide groups is 2. The lowest BCUT2D eigenvalue weighted by Crippen LogP contribution is -2.63. The van der Waals surface area contributed by atoms with Crippen LogP contribution in [0.5, 0.6) is 0 Å². The first kappa shape index (κ1) is 15.8. The highest BCUT2D eigenvalue weighted by Crippen LogP contribution is 2.41. The Labute approximate surface area is 119 Å². The number of carbonyl (C=O) groups is 3. The van der Waals surface area contributed by atoms with Crippen LogP contribution >= 0.6 is 0 Å². The molecule has 5 nitrogen and oxygen atoms in total. The second-order valence-corrected chi connectivity index (χ2v) is 5.58. The van der Waals surface area contributed by atoms with Gasteiger partial charge in [-0.3, -0.25) is 19.8 Å². The van der Waals surface area contributed by atoms with Crippen LogP contribution in [0.3, 0.4) is 0 Å². The smallest absolute Gasteiger partial charge is 0.277 e. The first-order valence-electron chi connectivity index (χ1n) is 7.00. The third-order valence-corrected chi connectivity index (χ3v) is 4.10. The van der Waals surface area contributed by atoms with Crippen molar-refractivity contribution in [2.45, 2.75) is 51.1 Å². The molecular formula is C13H17F3N2O3. The van der Waals surface area contributed by atoms with Gasteiger partial charge in [0.2, 0.25) is 11.8 Å². The lowest BCUT2D eigenvalue weighted by molar-refractivity contribution is -0.151. The SMILES string of the molecule is O=C1NC(=O)C2(CCCC2)C(=O)N1CCCCC(F)(F)F. The van der Waals surface area contributed by atoms with Gasteiger partial charge in [0.1, 0.15) is 5.41 Å². The Morgan fingerprint density at radius 1 is 1.10 bits per heavy atom. The molecule has 8 heteroatoms. The predicted molar refractivity (Wildman–Crippen MR) is 66.1 cm³/mol. The second kappa shape index (κ2) is 5.65. The van der Waals surface area contributed by atoms with Crippen LogP contribution in [0.15, 0.2) is 0 Å². The van der Waals surface area contributed by atoms with Crippen LogP contribution in [0.25, 0.3) is 0 Å². The molecule has 1 N–H and O–H groups in total. The van der Waals surface area contributed by atoms with Gasteiger partial charge in [-0.1, -0.05) is 12.8 Å². The zero-order valence-electron chi connectivity index (χ0n) is 11.5. The summed E-state index contributed by atoms with van der Waals surface area (Å²) in [7, 11) is 0. The molecule has 1 saturated carbocycles. The van der Waals surface area contributed by atoms with Crippen molar-refractivity contribution in [3.63, 3.8) is 0 Å². The van der Waals surface area contributed by atoms with Gasteiger partial charge < -0.3 is 0 Å². The summed E-state index contributed by atoms with van der Waals surface area (Å²) < 4.78 is 36.2. The van der Waals surface area contributed by atoms with E-state index in [4.69, 9.17) is 0 Å². The van der Waals surface area contributed by atoms with E-state index in [1.54, 1.807) is 0 Å². The molecular weight excluding hydrogens is 289 g/mol. The fourth-order valence-corrected chi connectivity index (χ4v) is 2.95. The first-order chi connectivity index (χ1) is 9.76. The number of rotatable bonds is 4. The monoisotopic (exact) mass is 306 g/mol. The van der Waals surface area contributed by atoms with Crippen LogP contribution < -0.4 is 5.32 Å². The van der Waals surface area contributed by atoms with Crippen molar-refractivity contribution in [1.29, 1.82) is 0 Å². The maximum Gasteiger partial charge on any atom is 0.389 e. The van der Waals surface area contributed by atoms with E-state index in [1.807, 2.05) is 0 Å². The standard InChI is InChI=1S/C13H17F3N2O3/c14-13(15,16)7-3-4-8-18-10(20)12(5-1-2-6-12)9(19)17-11(18)21/h1-8H2,(H,17,19,21). The predicted octanol–water partition coefficient (Wildman–Crippen LogP) is 2.36. The van der Waals surface area contributed by atoms with Crippen LogP contribution in [-0.4, -0.2) is 35.5 Å². The molecule has 1 heterocycles. The molecule has 21 heavy (non-hydrogen) atoms. The third kappa shape index (κ3) is 3.19. The van der Waals surface area contributed by atoms with Crippen molar-refractivity contribution in [2.24, 2.45) is 5.41 Å². The van der Waals surface area contributed by atoms with Gasteiger partial charge in [-0.2, -0.15) is 13.2 Å². The summed E-state index contributed by atoms with van der Waals surface area (Å²) in [5.41, 5.74) is -1.18. The summed E-state index contributed by atoms with van der Waals surface area (Å²) in [5, 5.41) is 2.15. The number of barbiturate groups is 1. The number of halogens is 3. The van der Waals surface area contributed by atoms with Gasteiger partial charge >= 0.3 is 12.2 Å². The Morgan fingerprint density at radius 2 is 1.71 bits per heavy atom. The number of unbranched alkanes of at least 4 members (excludes halogenated alkanes) is 1. The highest BCUT2D eigenvalue weighted by molar-refractivity contribution is 6.19. The average Bonchev–Trinajstić information content (AvgIpc) is 2.85. The minimum Gasteiger partial charge on any atom is -0.277 e. The molecule has 0 aromatic heterocycles. The molecule has 2 fully saturated rings. The Hall–Kier alpha value is -1.60. The van der Waals surface area contributed by atoms with Crippen LogP contribution in [-0.2, 0) is 9.59 Å². The second-order valence-electron chi connectivity index (χ2n) is 5.58. The van der Waals surface area contributed by atoms with Gasteiger partial charge in [0.15, 0.2) is 0 Å². The summed E-state index contributed by atoms with van der Waals surface area (Å²) in [4.78, 5) is 36.9. The Balaban J connectivity index is 1.97. The van der Waals surface area contributed by atoms with Gasteiger partial charge in [0, 0.05) is 13.0 Å². The van der Waals surface area contributed by atoms with E-state index in [0.717, 1.165) is 17.7 Å². The van der Waals surface area contributed by atoms with Crippen molar-refractivity contribution in [2.75, 3.05) is 6.54 Å². The molecule has 2 aliphatic rings. The molecule has 118 valence electrons. The van der Waals surface area contributed by atoms with Crippen LogP contribution in [0, 0.1) is 5.41 Å². The maximum absolute atomic E-state index is 12.4. The van der Waals surface area contributed by atoms with Gasteiger partial charge in [-0.15, -0.1) is 0 Å². The number of hydrogen-bond acceptors (Lipinski definition) is 3. The van der Waals surface area contributed by atoms with Crippen molar-refractivity contribution >= 4 is 17.8 Å². The summed E-state index contributed by atoms with van der Waals surface area (Å²) in [6.07, 6.45) is -3.01. The van der Waals surface area contributed by atoms with Crippen molar-refractivity contribution < 1.29 is 27.6 Å². The van der Waals surface area contributed by atoms with Crippen molar-refractivity contribution in [3.05, 3.63) is 0 Å². The molecule has 0 bridgehead atoms. The molecule has 0 aromatic carbocycles. The molecule has 1 spiro atoms. The molecule has 2 rings (SSSR count). The van der Waals surface area contributed by atoms with Gasteiger partial charge in [0.25, 0.3) is 0 Å². The molecule has 1 aliphatic heterocycles. The summed E-state index contributed by atoms with van der Waals surface area (Å²) in [6, 6.07) is -0.825. The molecule has 1 aliphatic carbocycles. The Kier molecular flexibility index (Phi) is 4.25. The zero-order chi connectivity index (χ0) is 15.7. The summed E-state index contributed by atoms with van der Waals surface area (Å²) >= 11 is 0. The Bertz CT molecular complexity index is 456. The van der Waals surface area contributed by atoms with Crippen LogP contribution in [0.4, 0.5) is 18.0 Å². The minimum absolute atomic E-state index is 0.0724. The fourth-order valence-electron chi connectivity index (χ4n) is 2.95. The lowest BCUT2D eigenvalue weighted by atomic mass is 9.82. The molecule has 0 aromatic rings. The largest absolute Gasteiger partial charge is 0.389 e. The number of nitrogens with zero attached hydrogens (tertiary/aromatic N) is 1. The van der Waals surface area contributed by atoms with Gasteiger partial charge in [-0.25, -0.2) is 4.79 Å². The van der Waals surface area contributed by atoms with Gasteiger partial charge in [-0.05, 0) is 25.7 Å². The normalized spacial score (nSPS) is 22.0. The lowest BCUT2D eigenvalue weighted by Gasteiger charge is -2.36. The van der Waals surface area contributed by atoms with Crippen molar-refractivity contribution in [3.8, 4) is 0 Å². The molecule has 0 radical (unpaired) electrons. The molecule has 4 amide bonds.